The van der Waals surface area contributed by atoms with Gasteiger partial charge in [0.15, 0.2) is 0 Å². The number of aromatic nitrogens is 1. The van der Waals surface area contributed by atoms with E-state index >= 15 is 0 Å². The van der Waals surface area contributed by atoms with Crippen molar-refractivity contribution in [3.8, 4) is 17.0 Å². The Morgan fingerprint density at radius 3 is 2.45 bits per heavy atom. The van der Waals surface area contributed by atoms with Crippen LogP contribution in [0.25, 0.3) is 11.1 Å². The van der Waals surface area contributed by atoms with Gasteiger partial charge in [-0.1, -0.05) is 12.1 Å². The molecule has 168 valence electrons. The number of hydrogen-bond acceptors (Lipinski definition) is 4. The maximum atomic E-state index is 13.1. The minimum atomic E-state index is -4.21. The third-order valence-corrected chi connectivity index (χ3v) is 5.74. The molecule has 2 aromatic rings. The number of nitrogens with zero attached hydrogens (tertiary/aromatic N) is 2. The van der Waals surface area contributed by atoms with Crippen LogP contribution in [0, 0.1) is 11.3 Å². The van der Waals surface area contributed by atoms with Crippen LogP contribution in [-0.4, -0.2) is 53.4 Å². The molecular weight excluding hydrogens is 409 g/mol. The van der Waals surface area contributed by atoms with Crippen molar-refractivity contribution in [2.75, 3.05) is 26.2 Å². The van der Waals surface area contributed by atoms with Gasteiger partial charge in [0.25, 0.3) is 0 Å². The van der Waals surface area contributed by atoms with Crippen LogP contribution in [0.2, 0.25) is 0 Å². The van der Waals surface area contributed by atoms with E-state index in [1.165, 1.54) is 19.9 Å². The number of halogens is 3. The molecule has 2 heterocycles. The summed E-state index contributed by atoms with van der Waals surface area (Å²) in [6, 6.07) is 10.2. The first-order chi connectivity index (χ1) is 14.5. The smallest absolute Gasteiger partial charge is 0.395 e. The summed E-state index contributed by atoms with van der Waals surface area (Å²) in [5.41, 5.74) is 0.0401. The van der Waals surface area contributed by atoms with Gasteiger partial charge in [-0.05, 0) is 69.5 Å². The van der Waals surface area contributed by atoms with E-state index in [-0.39, 0.29) is 18.0 Å². The quantitative estimate of drug-likeness (QED) is 0.652. The maximum Gasteiger partial charge on any atom is 0.395 e. The van der Waals surface area contributed by atoms with E-state index in [2.05, 4.69) is 4.98 Å². The van der Waals surface area contributed by atoms with Crippen molar-refractivity contribution in [3.63, 3.8) is 0 Å². The number of pyridine rings is 1. The molecule has 0 atom stereocenters. The van der Waals surface area contributed by atoms with Crippen LogP contribution in [0.3, 0.4) is 0 Å². The highest BCUT2D eigenvalue weighted by Crippen LogP contribution is 2.38. The monoisotopic (exact) mass is 436 g/mol. The molecule has 0 aliphatic carbocycles. The van der Waals surface area contributed by atoms with Gasteiger partial charge in [-0.3, -0.25) is 0 Å². The fourth-order valence-electron chi connectivity index (χ4n) is 3.63. The van der Waals surface area contributed by atoms with Crippen LogP contribution < -0.4 is 4.74 Å². The second kappa shape index (κ2) is 9.26. The molecule has 0 bridgehead atoms. The number of carboxylic acid groups (broad SMARTS) is 1. The van der Waals surface area contributed by atoms with Gasteiger partial charge in [-0.15, -0.1) is 0 Å². The molecule has 1 aliphatic rings. The average Bonchev–Trinajstić information content (AvgIpc) is 2.73. The zero-order valence-electron chi connectivity index (χ0n) is 17.7. The standard InChI is InChI=1S/C23H27F3N2O3/c1-22(2,23(24,25)26)15-28-10-8-16(9-11-28)14-31-20-7-6-19(13-27-20)17-4-3-5-18(12-17)21(29)30/h3-7,12-13,16H,8-11,14-15H2,1-2H3,(H,29,30). The van der Waals surface area contributed by atoms with Gasteiger partial charge in [0.2, 0.25) is 5.88 Å². The fourth-order valence-corrected chi connectivity index (χ4v) is 3.63. The van der Waals surface area contributed by atoms with Gasteiger partial charge in [-0.25, -0.2) is 9.78 Å². The number of likely N-dealkylation sites (tertiary alicyclic amines) is 1. The molecule has 3 rings (SSSR count). The molecule has 1 N–H and O–H groups in total. The van der Waals surface area contributed by atoms with Crippen LogP contribution in [0.5, 0.6) is 5.88 Å². The Kier molecular flexibility index (Phi) is 6.89. The number of aromatic carboxylic acids is 1. The zero-order chi connectivity index (χ0) is 22.6. The largest absolute Gasteiger partial charge is 0.478 e. The summed E-state index contributed by atoms with van der Waals surface area (Å²) in [6.07, 6.45) is -1.00. The van der Waals surface area contributed by atoms with E-state index < -0.39 is 17.6 Å². The highest BCUT2D eigenvalue weighted by molar-refractivity contribution is 5.89. The zero-order valence-corrected chi connectivity index (χ0v) is 17.7. The molecule has 0 saturated carbocycles. The highest BCUT2D eigenvalue weighted by Gasteiger charge is 2.48. The van der Waals surface area contributed by atoms with Crippen molar-refractivity contribution in [2.24, 2.45) is 11.3 Å². The van der Waals surface area contributed by atoms with Crippen LogP contribution >= 0.6 is 0 Å². The number of benzene rings is 1. The van der Waals surface area contributed by atoms with E-state index in [1.807, 2.05) is 17.0 Å². The number of piperidine rings is 1. The molecule has 31 heavy (non-hydrogen) atoms. The first-order valence-corrected chi connectivity index (χ1v) is 10.3. The predicted molar refractivity (Wildman–Crippen MR) is 111 cm³/mol. The van der Waals surface area contributed by atoms with Crippen molar-refractivity contribution < 1.29 is 27.8 Å². The molecule has 0 unspecified atom stereocenters. The van der Waals surface area contributed by atoms with E-state index in [0.29, 0.717) is 25.6 Å². The predicted octanol–water partition coefficient (Wildman–Crippen LogP) is 5.13. The Morgan fingerprint density at radius 2 is 1.87 bits per heavy atom. The lowest BCUT2D eigenvalue weighted by Gasteiger charge is -2.38. The number of carboxylic acids is 1. The molecule has 0 amide bonds. The fraction of sp³-hybridized carbons (Fsp3) is 0.478. The van der Waals surface area contributed by atoms with E-state index in [4.69, 9.17) is 9.84 Å². The first kappa shape index (κ1) is 23.1. The van der Waals surface area contributed by atoms with Crippen LogP contribution in [0.4, 0.5) is 13.2 Å². The van der Waals surface area contributed by atoms with Crippen molar-refractivity contribution in [1.82, 2.24) is 9.88 Å². The van der Waals surface area contributed by atoms with Gasteiger partial charge >= 0.3 is 12.1 Å². The third-order valence-electron chi connectivity index (χ3n) is 5.74. The summed E-state index contributed by atoms with van der Waals surface area (Å²) in [7, 11) is 0. The van der Waals surface area contributed by atoms with Crippen molar-refractivity contribution in [1.29, 1.82) is 0 Å². The lowest BCUT2D eigenvalue weighted by molar-refractivity contribution is -0.217. The molecule has 5 nitrogen and oxygen atoms in total. The number of rotatable bonds is 7. The molecule has 1 aliphatic heterocycles. The summed E-state index contributed by atoms with van der Waals surface area (Å²) in [4.78, 5) is 17.3. The summed E-state index contributed by atoms with van der Waals surface area (Å²) in [5, 5.41) is 9.11. The van der Waals surface area contributed by atoms with Crippen molar-refractivity contribution in [2.45, 2.75) is 32.9 Å². The normalized spacial score (nSPS) is 16.3. The van der Waals surface area contributed by atoms with Gasteiger partial charge in [0, 0.05) is 24.4 Å². The summed E-state index contributed by atoms with van der Waals surface area (Å²) >= 11 is 0. The highest BCUT2D eigenvalue weighted by atomic mass is 19.4. The van der Waals surface area contributed by atoms with E-state index in [9.17, 15) is 18.0 Å². The molecule has 1 fully saturated rings. The molecule has 0 radical (unpaired) electrons. The van der Waals surface area contributed by atoms with Gasteiger partial charge in [0.1, 0.15) is 0 Å². The Balaban J connectivity index is 1.48. The SMILES string of the molecule is CC(C)(CN1CCC(COc2ccc(-c3cccc(C(=O)O)c3)cn2)CC1)C(F)(F)F. The molecule has 1 aromatic heterocycles. The summed E-state index contributed by atoms with van der Waals surface area (Å²) in [5.74, 6) is -0.236. The van der Waals surface area contributed by atoms with Gasteiger partial charge in [-0.2, -0.15) is 13.2 Å². The Bertz CT molecular complexity index is 890. The molecule has 0 spiro atoms. The molecular formula is C23H27F3N2O3. The third kappa shape index (κ3) is 5.97. The second-order valence-corrected chi connectivity index (χ2v) is 8.68. The Hall–Kier alpha value is -2.61. The number of carbonyl (C=O) groups is 1. The Labute approximate surface area is 179 Å². The molecule has 1 aromatic carbocycles. The number of alkyl halides is 3. The van der Waals surface area contributed by atoms with E-state index in [0.717, 1.165) is 24.0 Å². The van der Waals surface area contributed by atoms with Crippen LogP contribution in [0.1, 0.15) is 37.0 Å². The minimum Gasteiger partial charge on any atom is -0.478 e. The number of hydrogen-bond donors (Lipinski definition) is 1. The molecule has 8 heteroatoms. The van der Waals surface area contributed by atoms with Gasteiger partial charge < -0.3 is 14.7 Å². The first-order valence-electron chi connectivity index (χ1n) is 10.3. The summed E-state index contributed by atoms with van der Waals surface area (Å²) < 4.78 is 45.0. The maximum absolute atomic E-state index is 13.1. The van der Waals surface area contributed by atoms with E-state index in [1.54, 1.807) is 24.4 Å². The average molecular weight is 436 g/mol. The topological polar surface area (TPSA) is 62.7 Å². The lowest BCUT2D eigenvalue weighted by Crippen LogP contribution is -2.46. The molecule has 1 saturated heterocycles. The van der Waals surface area contributed by atoms with Crippen LogP contribution in [-0.2, 0) is 0 Å². The number of ether oxygens (including phenoxy) is 1. The van der Waals surface area contributed by atoms with Crippen molar-refractivity contribution >= 4 is 5.97 Å². The van der Waals surface area contributed by atoms with Gasteiger partial charge in [0.05, 0.1) is 17.6 Å². The van der Waals surface area contributed by atoms with Crippen LogP contribution in [0.15, 0.2) is 42.6 Å². The second-order valence-electron chi connectivity index (χ2n) is 8.68. The minimum absolute atomic E-state index is 0.0101. The lowest BCUT2D eigenvalue weighted by atomic mass is 9.89. The summed E-state index contributed by atoms with van der Waals surface area (Å²) in [6.45, 7) is 4.22. The Morgan fingerprint density at radius 1 is 1.16 bits per heavy atom. The van der Waals surface area contributed by atoms with Crippen molar-refractivity contribution in [3.05, 3.63) is 48.2 Å².